The molecule has 0 aliphatic heterocycles. The van der Waals surface area contributed by atoms with Crippen molar-refractivity contribution in [3.8, 4) is 0 Å². The van der Waals surface area contributed by atoms with Crippen LogP contribution in [-0.2, 0) is 0 Å². The lowest BCUT2D eigenvalue weighted by Gasteiger charge is -2.01. The number of hydrogen-bond donors (Lipinski definition) is 1. The lowest BCUT2D eigenvalue weighted by atomic mass is 10.3. The van der Waals surface area contributed by atoms with Gasteiger partial charge in [0, 0.05) is 15.1 Å². The van der Waals surface area contributed by atoms with Gasteiger partial charge < -0.3 is 10.2 Å². The van der Waals surface area contributed by atoms with Gasteiger partial charge in [0.25, 0.3) is 5.22 Å². The Kier molecular flexibility index (Phi) is 3.02. The average Bonchev–Trinajstić information content (AvgIpc) is 2.56. The lowest BCUT2D eigenvalue weighted by molar-refractivity contribution is 0.454. The van der Waals surface area contributed by atoms with Crippen LogP contribution >= 0.6 is 27.7 Å². The Morgan fingerprint density at radius 2 is 2.27 bits per heavy atom. The van der Waals surface area contributed by atoms with Crippen molar-refractivity contribution in [2.75, 3.05) is 5.73 Å². The van der Waals surface area contributed by atoms with Crippen LogP contribution in [0.25, 0.3) is 0 Å². The molecule has 0 radical (unpaired) electrons. The Morgan fingerprint density at radius 1 is 1.47 bits per heavy atom. The molecule has 78 valence electrons. The van der Waals surface area contributed by atoms with Gasteiger partial charge >= 0.3 is 0 Å². The van der Waals surface area contributed by atoms with E-state index in [0.717, 1.165) is 20.7 Å². The van der Waals surface area contributed by atoms with Crippen molar-refractivity contribution >= 4 is 33.4 Å². The molecule has 0 saturated carbocycles. The van der Waals surface area contributed by atoms with Crippen LogP contribution in [0.2, 0.25) is 0 Å². The maximum atomic E-state index is 5.65. The molecule has 15 heavy (non-hydrogen) atoms. The molecule has 1 aromatic carbocycles. The summed E-state index contributed by atoms with van der Waals surface area (Å²) < 4.78 is 6.20. The predicted molar refractivity (Wildman–Crippen MR) is 63.9 cm³/mol. The minimum atomic E-state index is 0.637. The fourth-order valence-corrected chi connectivity index (χ4v) is 2.48. The first-order valence-electron chi connectivity index (χ1n) is 4.30. The van der Waals surface area contributed by atoms with E-state index in [-0.39, 0.29) is 0 Å². The Balaban J connectivity index is 2.24. The molecule has 0 bridgehead atoms. The van der Waals surface area contributed by atoms with Crippen LogP contribution in [0.1, 0.15) is 5.69 Å². The monoisotopic (exact) mass is 284 g/mol. The summed E-state index contributed by atoms with van der Waals surface area (Å²) in [5.41, 5.74) is 7.26. The zero-order valence-corrected chi connectivity index (χ0v) is 10.4. The van der Waals surface area contributed by atoms with Gasteiger partial charge in [-0.2, -0.15) is 0 Å². The first-order chi connectivity index (χ1) is 7.15. The topological polar surface area (TPSA) is 52.0 Å². The Labute approximate surface area is 100 Å². The molecule has 0 aliphatic rings. The molecular weight excluding hydrogens is 276 g/mol. The van der Waals surface area contributed by atoms with Gasteiger partial charge in [0.1, 0.15) is 6.26 Å². The van der Waals surface area contributed by atoms with Crippen molar-refractivity contribution in [3.05, 3.63) is 34.6 Å². The quantitative estimate of drug-likeness (QED) is 0.858. The number of aromatic nitrogens is 1. The normalized spacial score (nSPS) is 10.5. The first kappa shape index (κ1) is 10.6. The SMILES string of the molecule is Cc1coc(Sc2ccc(N)cc2Br)n1. The zero-order chi connectivity index (χ0) is 10.8. The van der Waals surface area contributed by atoms with Gasteiger partial charge in [0.2, 0.25) is 0 Å². The molecule has 0 unspecified atom stereocenters. The number of nitrogen functional groups attached to an aromatic ring is 1. The second kappa shape index (κ2) is 4.28. The van der Waals surface area contributed by atoms with E-state index in [2.05, 4.69) is 20.9 Å². The average molecular weight is 285 g/mol. The number of hydrogen-bond acceptors (Lipinski definition) is 4. The molecule has 5 heteroatoms. The third-order valence-electron chi connectivity index (χ3n) is 1.75. The summed E-state index contributed by atoms with van der Waals surface area (Å²) in [5, 5.41) is 0.637. The molecule has 2 aromatic rings. The van der Waals surface area contributed by atoms with Gasteiger partial charge in [-0.25, -0.2) is 4.98 Å². The molecule has 2 rings (SSSR count). The van der Waals surface area contributed by atoms with E-state index in [0.29, 0.717) is 5.22 Å². The van der Waals surface area contributed by atoms with E-state index >= 15 is 0 Å². The standard InChI is InChI=1S/C10H9BrN2OS/c1-6-5-14-10(13-6)15-9-3-2-7(12)4-8(9)11/h2-5H,12H2,1H3. The Morgan fingerprint density at radius 3 is 2.87 bits per heavy atom. The fourth-order valence-electron chi connectivity index (χ4n) is 1.07. The van der Waals surface area contributed by atoms with Gasteiger partial charge in [0.15, 0.2) is 0 Å². The minimum absolute atomic E-state index is 0.637. The summed E-state index contributed by atoms with van der Waals surface area (Å²) >= 11 is 4.90. The number of nitrogens with two attached hydrogens (primary N) is 1. The number of aryl methyl sites for hydroxylation is 1. The summed E-state index contributed by atoms with van der Waals surface area (Å²) in [4.78, 5) is 5.25. The minimum Gasteiger partial charge on any atom is -0.439 e. The number of oxazole rings is 1. The number of rotatable bonds is 2. The van der Waals surface area contributed by atoms with Crippen LogP contribution < -0.4 is 5.73 Å². The van der Waals surface area contributed by atoms with Crippen molar-refractivity contribution < 1.29 is 4.42 Å². The molecule has 0 spiro atoms. The highest BCUT2D eigenvalue weighted by molar-refractivity contribution is 9.10. The highest BCUT2D eigenvalue weighted by Gasteiger charge is 2.06. The molecular formula is C10H9BrN2OS. The van der Waals surface area contributed by atoms with Gasteiger partial charge in [-0.1, -0.05) is 0 Å². The molecule has 2 N–H and O–H groups in total. The van der Waals surface area contributed by atoms with Crippen molar-refractivity contribution in [1.82, 2.24) is 4.98 Å². The number of nitrogens with zero attached hydrogens (tertiary/aromatic N) is 1. The zero-order valence-electron chi connectivity index (χ0n) is 8.03. The van der Waals surface area contributed by atoms with Gasteiger partial charge in [-0.05, 0) is 52.8 Å². The molecule has 0 atom stereocenters. The largest absolute Gasteiger partial charge is 0.439 e. The summed E-state index contributed by atoms with van der Waals surface area (Å²) in [6.45, 7) is 1.89. The lowest BCUT2D eigenvalue weighted by Crippen LogP contribution is -1.84. The van der Waals surface area contributed by atoms with E-state index in [1.165, 1.54) is 11.8 Å². The van der Waals surface area contributed by atoms with Gasteiger partial charge in [-0.15, -0.1) is 0 Å². The highest BCUT2D eigenvalue weighted by atomic mass is 79.9. The molecule has 0 saturated heterocycles. The molecule has 1 heterocycles. The highest BCUT2D eigenvalue weighted by Crippen LogP contribution is 2.33. The summed E-state index contributed by atoms with van der Waals surface area (Å²) in [6, 6.07) is 5.64. The van der Waals surface area contributed by atoms with Crippen LogP contribution in [-0.4, -0.2) is 4.98 Å². The van der Waals surface area contributed by atoms with E-state index < -0.39 is 0 Å². The van der Waals surface area contributed by atoms with E-state index in [4.69, 9.17) is 10.2 Å². The van der Waals surface area contributed by atoms with Crippen molar-refractivity contribution in [2.24, 2.45) is 0 Å². The van der Waals surface area contributed by atoms with E-state index in [1.807, 2.05) is 25.1 Å². The molecule has 0 aliphatic carbocycles. The molecule has 0 fully saturated rings. The third-order valence-corrected chi connectivity index (χ3v) is 3.61. The number of anilines is 1. The number of benzene rings is 1. The van der Waals surface area contributed by atoms with Crippen molar-refractivity contribution in [1.29, 1.82) is 0 Å². The second-order valence-corrected chi connectivity index (χ2v) is 4.89. The van der Waals surface area contributed by atoms with E-state index in [1.54, 1.807) is 6.26 Å². The van der Waals surface area contributed by atoms with Crippen LogP contribution in [0.4, 0.5) is 5.69 Å². The van der Waals surface area contributed by atoms with Crippen LogP contribution in [0.15, 0.2) is 43.5 Å². The molecule has 1 aromatic heterocycles. The second-order valence-electron chi connectivity index (χ2n) is 3.05. The number of halogens is 1. The first-order valence-corrected chi connectivity index (χ1v) is 5.91. The van der Waals surface area contributed by atoms with Crippen LogP contribution in [0, 0.1) is 6.92 Å². The van der Waals surface area contributed by atoms with Gasteiger partial charge in [0.05, 0.1) is 5.69 Å². The predicted octanol–water partition coefficient (Wildman–Crippen LogP) is 3.48. The maximum Gasteiger partial charge on any atom is 0.260 e. The summed E-state index contributed by atoms with van der Waals surface area (Å²) in [5.74, 6) is 0. The Bertz CT molecular complexity index is 484. The van der Waals surface area contributed by atoms with Crippen LogP contribution in [0.3, 0.4) is 0 Å². The smallest absolute Gasteiger partial charge is 0.260 e. The third kappa shape index (κ3) is 2.54. The molecule has 0 amide bonds. The summed E-state index contributed by atoms with van der Waals surface area (Å²) in [6.07, 6.45) is 1.63. The van der Waals surface area contributed by atoms with Crippen LogP contribution in [0.5, 0.6) is 0 Å². The maximum absolute atomic E-state index is 5.65. The van der Waals surface area contributed by atoms with Crippen molar-refractivity contribution in [2.45, 2.75) is 17.0 Å². The van der Waals surface area contributed by atoms with E-state index in [9.17, 15) is 0 Å². The van der Waals surface area contributed by atoms with Crippen molar-refractivity contribution in [3.63, 3.8) is 0 Å². The fraction of sp³-hybridized carbons (Fsp3) is 0.100. The summed E-state index contributed by atoms with van der Waals surface area (Å²) in [7, 11) is 0. The molecule has 3 nitrogen and oxygen atoms in total. The Hall–Kier alpha value is -0.940. The van der Waals surface area contributed by atoms with Gasteiger partial charge in [-0.3, -0.25) is 0 Å².